The lowest BCUT2D eigenvalue weighted by molar-refractivity contribution is -0.127. The Morgan fingerprint density at radius 1 is 1.00 bits per heavy atom. The highest BCUT2D eigenvalue weighted by atomic mass is 32.1. The van der Waals surface area contributed by atoms with E-state index in [9.17, 15) is 4.79 Å². The van der Waals surface area contributed by atoms with Crippen molar-refractivity contribution in [3.63, 3.8) is 0 Å². The normalized spacial score (nSPS) is 14.5. The fraction of sp³-hybridized carbons (Fsp3) is 0.938. The molecule has 0 radical (unpaired) electrons. The van der Waals surface area contributed by atoms with Crippen molar-refractivity contribution in [1.29, 1.82) is 0 Å². The van der Waals surface area contributed by atoms with Gasteiger partial charge in [-0.05, 0) is 25.5 Å². The minimum atomic E-state index is 0.326. The summed E-state index contributed by atoms with van der Waals surface area (Å²) in [5, 5.41) is 0. The van der Waals surface area contributed by atoms with Crippen LogP contribution in [0.25, 0.3) is 0 Å². The molecule has 1 aliphatic rings. The van der Waals surface area contributed by atoms with Crippen LogP contribution in [0, 0.1) is 0 Å². The van der Waals surface area contributed by atoms with Gasteiger partial charge in [0.2, 0.25) is 5.91 Å². The average molecular weight is 288 g/mol. The first-order valence-corrected chi connectivity index (χ1v) is 8.78. The van der Waals surface area contributed by atoms with Crippen molar-refractivity contribution in [2.75, 3.05) is 18.8 Å². The van der Waals surface area contributed by atoms with Crippen LogP contribution < -0.4 is 0 Å². The van der Waals surface area contributed by atoms with E-state index in [0.29, 0.717) is 5.91 Å². The van der Waals surface area contributed by atoms with E-state index in [1.807, 2.05) is 11.8 Å². The number of nitrogens with zero attached hydrogens (tertiary/aromatic N) is 1. The Kier molecular flexibility index (Phi) is 14.1. The molecule has 0 bridgehead atoms. The number of amides is 1. The molecule has 1 aliphatic heterocycles. The molecule has 0 spiro atoms. The molecule has 0 N–H and O–H groups in total. The molecule has 0 aliphatic carbocycles. The zero-order chi connectivity index (χ0) is 14.3. The first-order valence-electron chi connectivity index (χ1n) is 8.14. The number of likely N-dealkylation sites (tertiary alicyclic amines) is 1. The first-order chi connectivity index (χ1) is 9.26. The van der Waals surface area contributed by atoms with Crippen LogP contribution in [-0.2, 0) is 4.79 Å². The Morgan fingerprint density at radius 3 is 1.95 bits per heavy atom. The van der Waals surface area contributed by atoms with E-state index >= 15 is 0 Å². The second kappa shape index (κ2) is 14.2. The molecule has 2 nitrogen and oxygen atoms in total. The van der Waals surface area contributed by atoms with Crippen molar-refractivity contribution in [2.24, 2.45) is 0 Å². The van der Waals surface area contributed by atoms with Gasteiger partial charge >= 0.3 is 0 Å². The maximum atomic E-state index is 10.7. The van der Waals surface area contributed by atoms with Crippen molar-refractivity contribution >= 4 is 18.5 Å². The molecule has 1 amide bonds. The molecule has 1 rings (SSSR count). The Balaban J connectivity index is 0.000000356. The highest BCUT2D eigenvalue weighted by molar-refractivity contribution is 7.80. The summed E-state index contributed by atoms with van der Waals surface area (Å²) in [4.78, 5) is 12.6. The maximum absolute atomic E-state index is 10.7. The third-order valence-corrected chi connectivity index (χ3v) is 3.88. The monoisotopic (exact) mass is 287 g/mol. The van der Waals surface area contributed by atoms with Gasteiger partial charge in [0.1, 0.15) is 0 Å². The summed E-state index contributed by atoms with van der Waals surface area (Å²) in [6, 6.07) is 0. The van der Waals surface area contributed by atoms with E-state index in [2.05, 4.69) is 19.6 Å². The molecule has 19 heavy (non-hydrogen) atoms. The second-order valence-electron chi connectivity index (χ2n) is 5.28. The summed E-state index contributed by atoms with van der Waals surface area (Å²) in [5.41, 5.74) is 0. The third kappa shape index (κ3) is 11.4. The van der Waals surface area contributed by atoms with E-state index in [1.165, 1.54) is 51.4 Å². The highest BCUT2D eigenvalue weighted by Crippen LogP contribution is 2.08. The third-order valence-electron chi connectivity index (χ3n) is 3.56. The van der Waals surface area contributed by atoms with E-state index in [0.717, 1.165) is 31.7 Å². The SMILES string of the molecule is CCCCCCCCCCS.CCN1CCCC1=O. The Bertz CT molecular complexity index is 201. The number of rotatable bonds is 9. The topological polar surface area (TPSA) is 20.3 Å². The van der Waals surface area contributed by atoms with Gasteiger partial charge in [0.15, 0.2) is 0 Å². The zero-order valence-electron chi connectivity index (χ0n) is 13.0. The molecule has 0 saturated carbocycles. The summed E-state index contributed by atoms with van der Waals surface area (Å²) >= 11 is 4.18. The van der Waals surface area contributed by atoms with Crippen molar-refractivity contribution in [3.8, 4) is 0 Å². The molecule has 0 unspecified atom stereocenters. The minimum Gasteiger partial charge on any atom is -0.343 e. The number of hydrogen-bond donors (Lipinski definition) is 1. The smallest absolute Gasteiger partial charge is 0.222 e. The minimum absolute atomic E-state index is 0.326. The van der Waals surface area contributed by atoms with E-state index < -0.39 is 0 Å². The highest BCUT2D eigenvalue weighted by Gasteiger charge is 2.16. The second-order valence-corrected chi connectivity index (χ2v) is 5.72. The van der Waals surface area contributed by atoms with E-state index in [-0.39, 0.29) is 0 Å². The van der Waals surface area contributed by atoms with Crippen LogP contribution in [0.2, 0.25) is 0 Å². The lowest BCUT2D eigenvalue weighted by atomic mass is 10.1. The fourth-order valence-corrected chi connectivity index (χ4v) is 2.51. The van der Waals surface area contributed by atoms with Gasteiger partial charge in [-0.1, -0.05) is 51.9 Å². The molecule has 114 valence electrons. The van der Waals surface area contributed by atoms with Crippen LogP contribution >= 0.6 is 12.6 Å². The van der Waals surface area contributed by atoms with Gasteiger partial charge < -0.3 is 4.90 Å². The molecule has 3 heteroatoms. The van der Waals surface area contributed by atoms with Crippen molar-refractivity contribution < 1.29 is 4.79 Å². The molecule has 0 aromatic carbocycles. The maximum Gasteiger partial charge on any atom is 0.222 e. The summed E-state index contributed by atoms with van der Waals surface area (Å²) in [7, 11) is 0. The molecule has 0 atom stereocenters. The molecule has 0 aromatic rings. The number of carbonyl (C=O) groups is 1. The van der Waals surface area contributed by atoms with Crippen LogP contribution in [0.5, 0.6) is 0 Å². The number of hydrogen-bond acceptors (Lipinski definition) is 2. The summed E-state index contributed by atoms with van der Waals surface area (Å²) in [5.74, 6) is 1.39. The van der Waals surface area contributed by atoms with Gasteiger partial charge in [0, 0.05) is 19.5 Å². The standard InChI is InChI=1S/C10H22S.C6H11NO/c1-2-3-4-5-6-7-8-9-10-11;1-2-7-5-3-4-6(7)8/h11H,2-10H2,1H3;2-5H2,1H3. The predicted octanol–water partition coefficient (Wildman–Crippen LogP) is 4.69. The molecule has 1 fully saturated rings. The molecule has 0 aromatic heterocycles. The molecule has 1 saturated heterocycles. The van der Waals surface area contributed by atoms with E-state index in [4.69, 9.17) is 0 Å². The van der Waals surface area contributed by atoms with Gasteiger partial charge in [-0.25, -0.2) is 0 Å². The molecular weight excluding hydrogens is 254 g/mol. The van der Waals surface area contributed by atoms with Crippen LogP contribution in [0.4, 0.5) is 0 Å². The first kappa shape index (κ1) is 18.8. The van der Waals surface area contributed by atoms with Crippen LogP contribution in [-0.4, -0.2) is 29.6 Å². The predicted molar refractivity (Wildman–Crippen MR) is 88.0 cm³/mol. The quantitative estimate of drug-likeness (QED) is 0.482. The summed E-state index contributed by atoms with van der Waals surface area (Å²) < 4.78 is 0. The number of unbranched alkanes of at least 4 members (excludes halogenated alkanes) is 7. The Labute approximate surface area is 125 Å². The van der Waals surface area contributed by atoms with Crippen molar-refractivity contribution in [3.05, 3.63) is 0 Å². The lowest BCUT2D eigenvalue weighted by Crippen LogP contribution is -2.23. The summed E-state index contributed by atoms with van der Waals surface area (Å²) in [6.07, 6.45) is 13.0. The van der Waals surface area contributed by atoms with Crippen LogP contribution in [0.3, 0.4) is 0 Å². The van der Waals surface area contributed by atoms with Gasteiger partial charge in [-0.3, -0.25) is 4.79 Å². The van der Waals surface area contributed by atoms with Crippen LogP contribution in [0.15, 0.2) is 0 Å². The number of carbonyl (C=O) groups excluding carboxylic acids is 1. The van der Waals surface area contributed by atoms with Crippen molar-refractivity contribution in [2.45, 2.75) is 78.1 Å². The summed E-state index contributed by atoms with van der Waals surface area (Å²) in [6.45, 7) is 6.15. The van der Waals surface area contributed by atoms with E-state index in [1.54, 1.807) is 0 Å². The average Bonchev–Trinajstić information content (AvgIpc) is 2.84. The largest absolute Gasteiger partial charge is 0.343 e. The van der Waals surface area contributed by atoms with Gasteiger partial charge in [-0.15, -0.1) is 0 Å². The lowest BCUT2D eigenvalue weighted by Gasteiger charge is -2.10. The Hall–Kier alpha value is -0.180. The Morgan fingerprint density at radius 2 is 1.58 bits per heavy atom. The van der Waals surface area contributed by atoms with Gasteiger partial charge in [0.25, 0.3) is 0 Å². The van der Waals surface area contributed by atoms with Crippen LogP contribution in [0.1, 0.15) is 78.1 Å². The van der Waals surface area contributed by atoms with Gasteiger partial charge in [-0.2, -0.15) is 12.6 Å². The zero-order valence-corrected chi connectivity index (χ0v) is 13.9. The van der Waals surface area contributed by atoms with Crippen molar-refractivity contribution in [1.82, 2.24) is 4.90 Å². The number of thiol groups is 1. The van der Waals surface area contributed by atoms with Gasteiger partial charge in [0.05, 0.1) is 0 Å². The molecule has 1 heterocycles. The fourth-order valence-electron chi connectivity index (χ4n) is 2.28. The molecular formula is C16H33NOS.